The van der Waals surface area contributed by atoms with Gasteiger partial charge in [0.15, 0.2) is 0 Å². The Kier molecular flexibility index (Phi) is 5.32. The van der Waals surface area contributed by atoms with Gasteiger partial charge in [-0.2, -0.15) is 0 Å². The summed E-state index contributed by atoms with van der Waals surface area (Å²) < 4.78 is 5.51. The summed E-state index contributed by atoms with van der Waals surface area (Å²) >= 11 is 0. The van der Waals surface area contributed by atoms with Crippen LogP contribution in [0.2, 0.25) is 0 Å². The number of nitrogens with zero attached hydrogens (tertiary/aromatic N) is 3. The first-order valence-corrected chi connectivity index (χ1v) is 9.40. The van der Waals surface area contributed by atoms with Crippen molar-refractivity contribution in [1.29, 1.82) is 0 Å². The Morgan fingerprint density at radius 2 is 2.00 bits per heavy atom. The summed E-state index contributed by atoms with van der Waals surface area (Å²) in [6.07, 6.45) is 5.07. The summed E-state index contributed by atoms with van der Waals surface area (Å²) in [5, 5.41) is 0. The highest BCUT2D eigenvalue weighted by Gasteiger charge is 2.42. The Hall–Kier alpha value is -1.62. The van der Waals surface area contributed by atoms with Gasteiger partial charge >= 0.3 is 0 Å². The summed E-state index contributed by atoms with van der Waals surface area (Å²) in [5.74, 6) is 2.17. The minimum absolute atomic E-state index is 0.287. The SMILES string of the molecule is COc1c(C)cnc(CN2CCC(N(C)C(=O)[C@H]3C[C@H]3C)CC2)c1C. The number of piperidine rings is 1. The van der Waals surface area contributed by atoms with Crippen molar-refractivity contribution in [2.24, 2.45) is 11.8 Å². The first-order valence-electron chi connectivity index (χ1n) is 9.40. The number of aromatic nitrogens is 1. The molecule has 2 aliphatic rings. The Balaban J connectivity index is 1.55. The van der Waals surface area contributed by atoms with E-state index in [1.54, 1.807) is 7.11 Å². The topological polar surface area (TPSA) is 45.7 Å². The van der Waals surface area contributed by atoms with E-state index in [0.29, 0.717) is 17.9 Å². The van der Waals surface area contributed by atoms with E-state index < -0.39 is 0 Å². The molecule has 1 aromatic rings. The Bertz CT molecular complexity index is 638. The van der Waals surface area contributed by atoms with Crippen LogP contribution in [0.3, 0.4) is 0 Å². The predicted octanol–water partition coefficient (Wildman–Crippen LogP) is 2.79. The van der Waals surface area contributed by atoms with Crippen molar-refractivity contribution in [1.82, 2.24) is 14.8 Å². The summed E-state index contributed by atoms with van der Waals surface area (Å²) in [5.41, 5.74) is 3.31. The van der Waals surface area contributed by atoms with Crippen molar-refractivity contribution in [2.45, 2.75) is 52.6 Å². The van der Waals surface area contributed by atoms with Crippen molar-refractivity contribution >= 4 is 5.91 Å². The molecule has 138 valence electrons. The lowest BCUT2D eigenvalue weighted by atomic mass is 10.0. The van der Waals surface area contributed by atoms with Crippen molar-refractivity contribution < 1.29 is 9.53 Å². The van der Waals surface area contributed by atoms with Crippen LogP contribution in [0.1, 0.15) is 43.0 Å². The predicted molar refractivity (Wildman–Crippen MR) is 98.6 cm³/mol. The second kappa shape index (κ2) is 7.32. The molecule has 0 radical (unpaired) electrons. The van der Waals surface area contributed by atoms with Crippen LogP contribution in [-0.2, 0) is 11.3 Å². The van der Waals surface area contributed by atoms with Crippen LogP contribution >= 0.6 is 0 Å². The molecule has 0 unspecified atom stereocenters. The maximum absolute atomic E-state index is 12.4. The molecule has 0 N–H and O–H groups in total. The third-order valence-corrected chi connectivity index (χ3v) is 6.00. The van der Waals surface area contributed by atoms with E-state index in [2.05, 4.69) is 23.7 Å². The molecule has 1 amide bonds. The highest BCUT2D eigenvalue weighted by Crippen LogP contribution is 2.39. The van der Waals surface area contributed by atoms with Gasteiger partial charge in [0, 0.05) is 56.0 Å². The second-order valence-corrected chi connectivity index (χ2v) is 7.82. The molecule has 5 nitrogen and oxygen atoms in total. The molecule has 2 atom stereocenters. The lowest BCUT2D eigenvalue weighted by molar-refractivity contribution is -0.134. The van der Waals surface area contributed by atoms with E-state index in [4.69, 9.17) is 4.74 Å². The fraction of sp³-hybridized carbons (Fsp3) is 0.700. The van der Waals surface area contributed by atoms with Gasteiger partial charge in [-0.1, -0.05) is 6.92 Å². The van der Waals surface area contributed by atoms with Gasteiger partial charge in [-0.05, 0) is 39.0 Å². The van der Waals surface area contributed by atoms with Gasteiger partial charge < -0.3 is 9.64 Å². The molecule has 1 aromatic heterocycles. The standard InChI is InChI=1S/C20H31N3O2/c1-13-10-17(13)20(24)22(4)16-6-8-23(9-7-16)12-18-15(3)19(25-5)14(2)11-21-18/h11,13,16-17H,6-10,12H2,1-5H3/t13-,17+/m1/s1. The number of methoxy groups -OCH3 is 1. The molecule has 0 bridgehead atoms. The summed E-state index contributed by atoms with van der Waals surface area (Å²) in [6, 6.07) is 0.387. The Labute approximate surface area is 151 Å². The third kappa shape index (κ3) is 3.81. The highest BCUT2D eigenvalue weighted by atomic mass is 16.5. The number of rotatable bonds is 5. The maximum atomic E-state index is 12.4. The minimum Gasteiger partial charge on any atom is -0.496 e. The fourth-order valence-electron chi connectivity index (χ4n) is 4.01. The van der Waals surface area contributed by atoms with Gasteiger partial charge in [0.25, 0.3) is 0 Å². The Morgan fingerprint density at radius 3 is 2.56 bits per heavy atom. The van der Waals surface area contributed by atoms with Crippen molar-refractivity contribution in [3.8, 4) is 5.75 Å². The van der Waals surface area contributed by atoms with Crippen molar-refractivity contribution in [2.75, 3.05) is 27.2 Å². The van der Waals surface area contributed by atoms with E-state index in [1.807, 2.05) is 25.1 Å². The number of hydrogen-bond donors (Lipinski definition) is 0. The molecule has 2 fully saturated rings. The van der Waals surface area contributed by atoms with Crippen LogP contribution in [0, 0.1) is 25.7 Å². The van der Waals surface area contributed by atoms with Gasteiger partial charge in [0.05, 0.1) is 12.8 Å². The maximum Gasteiger partial charge on any atom is 0.225 e. The lowest BCUT2D eigenvalue weighted by Crippen LogP contribution is -2.46. The van der Waals surface area contributed by atoms with Crippen LogP contribution in [0.5, 0.6) is 5.75 Å². The van der Waals surface area contributed by atoms with Gasteiger partial charge in [-0.25, -0.2) is 0 Å². The van der Waals surface area contributed by atoms with Gasteiger partial charge in [-0.15, -0.1) is 0 Å². The third-order valence-electron chi connectivity index (χ3n) is 6.00. The molecule has 1 aliphatic heterocycles. The lowest BCUT2D eigenvalue weighted by Gasteiger charge is -2.37. The average molecular weight is 345 g/mol. The molecule has 1 saturated heterocycles. The van der Waals surface area contributed by atoms with Crippen molar-refractivity contribution in [3.05, 3.63) is 23.0 Å². The number of amides is 1. The zero-order valence-corrected chi connectivity index (χ0v) is 16.2. The normalized spacial score (nSPS) is 24.2. The largest absolute Gasteiger partial charge is 0.496 e. The fourth-order valence-corrected chi connectivity index (χ4v) is 4.01. The monoisotopic (exact) mass is 345 g/mol. The summed E-state index contributed by atoms with van der Waals surface area (Å²) in [7, 11) is 3.71. The first kappa shape index (κ1) is 18.2. The molecule has 3 rings (SSSR count). The van der Waals surface area contributed by atoms with E-state index in [9.17, 15) is 4.79 Å². The van der Waals surface area contributed by atoms with Crippen LogP contribution < -0.4 is 4.74 Å². The molecule has 1 aliphatic carbocycles. The van der Waals surface area contributed by atoms with Gasteiger partial charge in [0.2, 0.25) is 5.91 Å². The molecular formula is C20H31N3O2. The second-order valence-electron chi connectivity index (χ2n) is 7.82. The number of likely N-dealkylation sites (tertiary alicyclic amines) is 1. The van der Waals surface area contributed by atoms with Gasteiger partial charge in [-0.3, -0.25) is 14.7 Å². The quantitative estimate of drug-likeness (QED) is 0.823. The summed E-state index contributed by atoms with van der Waals surface area (Å²) in [4.78, 5) is 21.5. The van der Waals surface area contributed by atoms with E-state index in [1.165, 1.54) is 0 Å². The number of carbonyl (C=O) groups excluding carboxylic acids is 1. The van der Waals surface area contributed by atoms with Crippen LogP contribution in [0.15, 0.2) is 6.20 Å². The number of pyridine rings is 1. The highest BCUT2D eigenvalue weighted by molar-refractivity contribution is 5.81. The van der Waals surface area contributed by atoms with Crippen LogP contribution in [0.25, 0.3) is 0 Å². The zero-order chi connectivity index (χ0) is 18.1. The molecule has 1 saturated carbocycles. The van der Waals surface area contributed by atoms with E-state index in [-0.39, 0.29) is 5.92 Å². The van der Waals surface area contributed by atoms with Crippen LogP contribution in [0.4, 0.5) is 0 Å². The van der Waals surface area contributed by atoms with Crippen LogP contribution in [-0.4, -0.2) is 54.0 Å². The smallest absolute Gasteiger partial charge is 0.225 e. The van der Waals surface area contributed by atoms with Gasteiger partial charge in [0.1, 0.15) is 5.75 Å². The van der Waals surface area contributed by atoms with E-state index in [0.717, 1.165) is 61.5 Å². The zero-order valence-electron chi connectivity index (χ0n) is 16.2. The average Bonchev–Trinajstić information content (AvgIpc) is 3.34. The van der Waals surface area contributed by atoms with Crippen molar-refractivity contribution in [3.63, 3.8) is 0 Å². The number of hydrogen-bond acceptors (Lipinski definition) is 4. The molecule has 2 heterocycles. The number of ether oxygens (including phenoxy) is 1. The number of carbonyl (C=O) groups is 1. The number of aryl methyl sites for hydroxylation is 1. The summed E-state index contributed by atoms with van der Waals surface area (Å²) in [6.45, 7) is 9.17. The first-order chi connectivity index (χ1) is 11.9. The molecule has 5 heteroatoms. The molecule has 0 spiro atoms. The van der Waals surface area contributed by atoms with E-state index >= 15 is 0 Å². The Morgan fingerprint density at radius 1 is 1.36 bits per heavy atom. The molecule has 0 aromatic carbocycles. The molecule has 25 heavy (non-hydrogen) atoms. The molecular weight excluding hydrogens is 314 g/mol. The minimum atomic E-state index is 0.287.